The maximum atomic E-state index is 8.49. The summed E-state index contributed by atoms with van der Waals surface area (Å²) in [4.78, 5) is 4.44. The first kappa shape index (κ1) is 14.8. The molecule has 4 nitrogen and oxygen atoms in total. The SMILES string of the molecule is C/C(=N\CCOCCOCCO)c1ccccc1. The standard InChI is InChI=1S/C14H21NO3/c1-13(14-5-3-2-4-6-14)15-7-9-17-11-12-18-10-8-16/h2-6,16H,7-12H2,1H3/b15-13+. The van der Waals surface area contributed by atoms with Crippen LogP contribution in [-0.4, -0.2) is 50.4 Å². The van der Waals surface area contributed by atoms with Crippen molar-refractivity contribution in [2.24, 2.45) is 4.99 Å². The molecule has 0 atom stereocenters. The lowest BCUT2D eigenvalue weighted by Gasteiger charge is -2.04. The summed E-state index contributed by atoms with van der Waals surface area (Å²) < 4.78 is 10.4. The summed E-state index contributed by atoms with van der Waals surface area (Å²) in [6.45, 7) is 4.73. The van der Waals surface area contributed by atoms with Crippen LogP contribution in [0.5, 0.6) is 0 Å². The van der Waals surface area contributed by atoms with Crippen molar-refractivity contribution < 1.29 is 14.6 Å². The highest BCUT2D eigenvalue weighted by Gasteiger charge is 1.94. The quantitative estimate of drug-likeness (QED) is 0.535. The second kappa shape index (κ2) is 9.76. The van der Waals surface area contributed by atoms with Gasteiger partial charge >= 0.3 is 0 Å². The van der Waals surface area contributed by atoms with E-state index in [0.29, 0.717) is 33.0 Å². The summed E-state index contributed by atoms with van der Waals surface area (Å²) in [7, 11) is 0. The minimum absolute atomic E-state index is 0.0561. The number of aliphatic hydroxyl groups excluding tert-OH is 1. The summed E-state index contributed by atoms with van der Waals surface area (Å²) in [5.41, 5.74) is 2.17. The van der Waals surface area contributed by atoms with E-state index in [1.54, 1.807) is 0 Å². The summed E-state index contributed by atoms with van der Waals surface area (Å²) in [6, 6.07) is 10.1. The fraction of sp³-hybridized carbons (Fsp3) is 0.500. The van der Waals surface area contributed by atoms with E-state index >= 15 is 0 Å². The molecule has 0 aliphatic rings. The topological polar surface area (TPSA) is 51.0 Å². The van der Waals surface area contributed by atoms with E-state index in [0.717, 1.165) is 11.3 Å². The van der Waals surface area contributed by atoms with E-state index < -0.39 is 0 Å². The highest BCUT2D eigenvalue weighted by atomic mass is 16.5. The van der Waals surface area contributed by atoms with E-state index in [4.69, 9.17) is 14.6 Å². The Morgan fingerprint density at radius 1 is 1.06 bits per heavy atom. The van der Waals surface area contributed by atoms with E-state index in [1.807, 2.05) is 37.3 Å². The molecule has 0 aromatic heterocycles. The Kier molecular flexibility index (Phi) is 8.04. The molecule has 0 heterocycles. The van der Waals surface area contributed by atoms with Crippen LogP contribution in [0.4, 0.5) is 0 Å². The normalized spacial score (nSPS) is 11.8. The molecule has 0 saturated carbocycles. The van der Waals surface area contributed by atoms with Crippen LogP contribution >= 0.6 is 0 Å². The number of nitrogens with zero attached hydrogens (tertiary/aromatic N) is 1. The number of hydrogen-bond donors (Lipinski definition) is 1. The summed E-state index contributed by atoms with van der Waals surface area (Å²) in [5.74, 6) is 0. The first-order chi connectivity index (χ1) is 8.84. The number of benzene rings is 1. The molecular formula is C14H21NO3. The average Bonchev–Trinajstić information content (AvgIpc) is 2.42. The van der Waals surface area contributed by atoms with Crippen molar-refractivity contribution in [3.8, 4) is 0 Å². The molecule has 0 aliphatic heterocycles. The Labute approximate surface area is 108 Å². The third-order valence-electron chi connectivity index (χ3n) is 2.38. The van der Waals surface area contributed by atoms with E-state index in [2.05, 4.69) is 4.99 Å². The monoisotopic (exact) mass is 251 g/mol. The van der Waals surface area contributed by atoms with Gasteiger partial charge in [-0.25, -0.2) is 0 Å². The van der Waals surface area contributed by atoms with Gasteiger partial charge in [-0.15, -0.1) is 0 Å². The zero-order chi connectivity index (χ0) is 13.1. The number of hydrogen-bond acceptors (Lipinski definition) is 4. The van der Waals surface area contributed by atoms with Gasteiger partial charge in [-0.2, -0.15) is 0 Å². The Hall–Kier alpha value is -1.23. The number of rotatable bonds is 9. The lowest BCUT2D eigenvalue weighted by Crippen LogP contribution is -2.09. The first-order valence-corrected chi connectivity index (χ1v) is 6.17. The summed E-state index contributed by atoms with van der Waals surface area (Å²) in [5, 5.41) is 8.49. The second-order valence-electron chi connectivity index (χ2n) is 3.78. The van der Waals surface area contributed by atoms with Crippen LogP contribution in [0.1, 0.15) is 12.5 Å². The van der Waals surface area contributed by atoms with Gasteiger partial charge in [0.2, 0.25) is 0 Å². The Morgan fingerprint density at radius 2 is 1.72 bits per heavy atom. The molecule has 0 fully saturated rings. The van der Waals surface area contributed by atoms with Crippen LogP contribution in [0.15, 0.2) is 35.3 Å². The summed E-state index contributed by atoms with van der Waals surface area (Å²) >= 11 is 0. The van der Waals surface area contributed by atoms with Gasteiger partial charge in [0.1, 0.15) is 0 Å². The zero-order valence-electron chi connectivity index (χ0n) is 10.8. The molecule has 0 bridgehead atoms. The number of aliphatic imine (C=N–C) groups is 1. The van der Waals surface area contributed by atoms with Gasteiger partial charge in [0, 0.05) is 5.71 Å². The maximum absolute atomic E-state index is 8.49. The van der Waals surface area contributed by atoms with Crippen LogP contribution in [0, 0.1) is 0 Å². The molecule has 0 aliphatic carbocycles. The van der Waals surface area contributed by atoms with Crippen molar-refractivity contribution in [1.82, 2.24) is 0 Å². The smallest absolute Gasteiger partial charge is 0.0701 e. The molecule has 0 radical (unpaired) electrons. The van der Waals surface area contributed by atoms with Gasteiger partial charge in [-0.1, -0.05) is 30.3 Å². The van der Waals surface area contributed by atoms with Crippen LogP contribution in [0.2, 0.25) is 0 Å². The first-order valence-electron chi connectivity index (χ1n) is 6.17. The highest BCUT2D eigenvalue weighted by molar-refractivity contribution is 5.98. The Balaban J connectivity index is 2.10. The summed E-state index contributed by atoms with van der Waals surface area (Å²) in [6.07, 6.45) is 0. The number of ether oxygens (including phenoxy) is 2. The average molecular weight is 251 g/mol. The highest BCUT2D eigenvalue weighted by Crippen LogP contribution is 2.00. The molecule has 1 N–H and O–H groups in total. The van der Waals surface area contributed by atoms with E-state index in [-0.39, 0.29) is 6.61 Å². The molecule has 100 valence electrons. The van der Waals surface area contributed by atoms with Gasteiger partial charge in [-0.05, 0) is 12.5 Å². The van der Waals surface area contributed by atoms with Crippen LogP contribution in [-0.2, 0) is 9.47 Å². The zero-order valence-corrected chi connectivity index (χ0v) is 10.8. The van der Waals surface area contributed by atoms with Crippen molar-refractivity contribution in [1.29, 1.82) is 0 Å². The fourth-order valence-corrected chi connectivity index (χ4v) is 1.44. The van der Waals surface area contributed by atoms with Gasteiger partial charge in [0.25, 0.3) is 0 Å². The lowest BCUT2D eigenvalue weighted by molar-refractivity contribution is 0.0355. The Morgan fingerprint density at radius 3 is 2.39 bits per heavy atom. The molecule has 1 rings (SSSR count). The van der Waals surface area contributed by atoms with E-state index in [9.17, 15) is 0 Å². The van der Waals surface area contributed by atoms with Crippen LogP contribution in [0.25, 0.3) is 0 Å². The van der Waals surface area contributed by atoms with Gasteiger partial charge in [0.05, 0.1) is 39.6 Å². The lowest BCUT2D eigenvalue weighted by atomic mass is 10.1. The molecule has 18 heavy (non-hydrogen) atoms. The van der Waals surface area contributed by atoms with Crippen LogP contribution in [0.3, 0.4) is 0 Å². The molecular weight excluding hydrogens is 230 g/mol. The molecule has 1 aromatic rings. The fourth-order valence-electron chi connectivity index (χ4n) is 1.44. The van der Waals surface area contributed by atoms with Crippen molar-refractivity contribution in [2.75, 3.05) is 39.6 Å². The molecule has 0 spiro atoms. The predicted octanol–water partition coefficient (Wildman–Crippen LogP) is 1.52. The minimum atomic E-state index is 0.0561. The largest absolute Gasteiger partial charge is 0.394 e. The van der Waals surface area contributed by atoms with Gasteiger partial charge in [-0.3, -0.25) is 4.99 Å². The molecule has 4 heteroatoms. The maximum Gasteiger partial charge on any atom is 0.0701 e. The minimum Gasteiger partial charge on any atom is -0.394 e. The molecule has 0 unspecified atom stereocenters. The predicted molar refractivity (Wildman–Crippen MR) is 72.2 cm³/mol. The van der Waals surface area contributed by atoms with Crippen molar-refractivity contribution in [3.63, 3.8) is 0 Å². The third kappa shape index (κ3) is 6.49. The Bertz CT molecular complexity index is 338. The van der Waals surface area contributed by atoms with E-state index in [1.165, 1.54) is 0 Å². The van der Waals surface area contributed by atoms with Crippen molar-refractivity contribution in [3.05, 3.63) is 35.9 Å². The molecule has 0 amide bonds. The molecule has 0 saturated heterocycles. The van der Waals surface area contributed by atoms with Crippen molar-refractivity contribution >= 4 is 5.71 Å². The van der Waals surface area contributed by atoms with Crippen LogP contribution < -0.4 is 0 Å². The van der Waals surface area contributed by atoms with Crippen molar-refractivity contribution in [2.45, 2.75) is 6.92 Å². The van der Waals surface area contributed by atoms with Gasteiger partial charge in [0.15, 0.2) is 0 Å². The van der Waals surface area contributed by atoms with Gasteiger partial charge < -0.3 is 14.6 Å². The third-order valence-corrected chi connectivity index (χ3v) is 2.38. The molecule has 1 aromatic carbocycles. The number of aliphatic hydroxyl groups is 1. The second-order valence-corrected chi connectivity index (χ2v) is 3.78.